The Labute approximate surface area is 207 Å². The number of carbonyl (C=O) groups is 2. The third-order valence-electron chi connectivity index (χ3n) is 5.55. The molecule has 0 fully saturated rings. The number of amides is 1. The average molecular weight is 490 g/mol. The number of carboxylic acids is 1. The molecule has 0 bridgehead atoms. The normalized spacial score (nSPS) is 11.7. The maximum Gasteiger partial charge on any atom is 0.333 e. The van der Waals surface area contributed by atoms with Crippen LogP contribution >= 0.6 is 11.6 Å². The van der Waals surface area contributed by atoms with Crippen molar-refractivity contribution in [1.82, 2.24) is 4.90 Å². The summed E-state index contributed by atoms with van der Waals surface area (Å²) in [6.07, 6.45) is 4.96. The topological polar surface area (TPSA) is 76.1 Å². The van der Waals surface area contributed by atoms with Crippen LogP contribution in [0.4, 0.5) is 0 Å². The van der Waals surface area contributed by atoms with Crippen molar-refractivity contribution in [3.8, 4) is 5.75 Å². The number of benzene rings is 2. The second-order valence-electron chi connectivity index (χ2n) is 8.24. The molecule has 2 aromatic rings. The summed E-state index contributed by atoms with van der Waals surface area (Å²) in [5.41, 5.74) is 1.74. The molecule has 34 heavy (non-hydrogen) atoms. The minimum atomic E-state index is -0.985. The van der Waals surface area contributed by atoms with E-state index in [1.165, 1.54) is 19.3 Å². The Morgan fingerprint density at radius 1 is 1.00 bits per heavy atom. The summed E-state index contributed by atoms with van der Waals surface area (Å²) in [5, 5.41) is 9.89. The van der Waals surface area contributed by atoms with Crippen molar-refractivity contribution >= 4 is 23.5 Å². The van der Waals surface area contributed by atoms with Gasteiger partial charge in [-0.1, -0.05) is 74.5 Å². The van der Waals surface area contributed by atoms with Gasteiger partial charge in [-0.2, -0.15) is 0 Å². The summed E-state index contributed by atoms with van der Waals surface area (Å²) >= 11 is 6.32. The summed E-state index contributed by atoms with van der Waals surface area (Å²) in [7, 11) is 0. The number of unbranched alkanes of at least 4 members (excludes halogenated alkanes) is 4. The van der Waals surface area contributed by atoms with Crippen LogP contribution in [-0.4, -0.2) is 47.7 Å². The quantitative estimate of drug-likeness (QED) is 0.304. The van der Waals surface area contributed by atoms with E-state index in [0.717, 1.165) is 24.0 Å². The molecule has 0 unspecified atom stereocenters. The van der Waals surface area contributed by atoms with Gasteiger partial charge in [-0.05, 0) is 42.7 Å². The molecule has 0 aliphatic rings. The zero-order valence-corrected chi connectivity index (χ0v) is 20.9. The Kier molecular flexibility index (Phi) is 12.5. The second-order valence-corrected chi connectivity index (χ2v) is 8.65. The predicted octanol–water partition coefficient (Wildman–Crippen LogP) is 5.75. The highest BCUT2D eigenvalue weighted by Crippen LogP contribution is 2.19. The first-order valence-corrected chi connectivity index (χ1v) is 12.4. The van der Waals surface area contributed by atoms with E-state index < -0.39 is 12.1 Å². The largest absolute Gasteiger partial charge is 0.484 e. The Morgan fingerprint density at radius 3 is 2.35 bits per heavy atom. The van der Waals surface area contributed by atoms with Crippen LogP contribution in [0.15, 0.2) is 48.5 Å². The molecule has 0 aliphatic carbocycles. The lowest BCUT2D eigenvalue weighted by Crippen LogP contribution is -2.35. The van der Waals surface area contributed by atoms with E-state index in [-0.39, 0.29) is 18.9 Å². The monoisotopic (exact) mass is 489 g/mol. The molecule has 1 N–H and O–H groups in total. The van der Waals surface area contributed by atoms with Crippen LogP contribution in [0.2, 0.25) is 5.02 Å². The van der Waals surface area contributed by atoms with Crippen LogP contribution in [0.25, 0.3) is 0 Å². The van der Waals surface area contributed by atoms with E-state index in [1.807, 2.05) is 24.3 Å². The molecular formula is C27H36ClNO5. The highest BCUT2D eigenvalue weighted by Gasteiger charge is 2.18. The molecule has 2 rings (SSSR count). The van der Waals surface area contributed by atoms with E-state index >= 15 is 0 Å². The van der Waals surface area contributed by atoms with Crippen molar-refractivity contribution in [2.45, 2.75) is 65.0 Å². The van der Waals surface area contributed by atoms with Crippen molar-refractivity contribution in [2.75, 3.05) is 19.8 Å². The number of ether oxygens (including phenoxy) is 2. The fourth-order valence-electron chi connectivity index (χ4n) is 3.62. The van der Waals surface area contributed by atoms with Gasteiger partial charge in [0.2, 0.25) is 0 Å². The van der Waals surface area contributed by atoms with E-state index in [9.17, 15) is 14.7 Å². The van der Waals surface area contributed by atoms with Gasteiger partial charge >= 0.3 is 5.97 Å². The lowest BCUT2D eigenvalue weighted by Gasteiger charge is -2.23. The van der Waals surface area contributed by atoms with Crippen LogP contribution in [-0.2, 0) is 27.3 Å². The first kappa shape index (κ1) is 27.7. The number of aliphatic carboxylic acids is 1. The fourth-order valence-corrected chi connectivity index (χ4v) is 3.82. The van der Waals surface area contributed by atoms with Gasteiger partial charge in [-0.25, -0.2) is 4.79 Å². The van der Waals surface area contributed by atoms with Crippen LogP contribution in [0.1, 0.15) is 57.1 Å². The third kappa shape index (κ3) is 9.74. The molecule has 7 heteroatoms. The smallest absolute Gasteiger partial charge is 0.333 e. The van der Waals surface area contributed by atoms with Crippen LogP contribution in [0, 0.1) is 0 Å². The van der Waals surface area contributed by atoms with E-state index in [0.29, 0.717) is 30.5 Å². The molecule has 0 spiro atoms. The Morgan fingerprint density at radius 2 is 1.71 bits per heavy atom. The van der Waals surface area contributed by atoms with Gasteiger partial charge in [-0.15, -0.1) is 0 Å². The number of carbonyl (C=O) groups excluding carboxylic acids is 1. The number of rotatable bonds is 16. The van der Waals surface area contributed by atoms with E-state index in [4.69, 9.17) is 21.1 Å². The SMILES string of the molecule is CCCCCCCN(Cc1ccccc1Cl)C(=O)COc1ccc(C[C@H](OCC)C(=O)O)cc1. The summed E-state index contributed by atoms with van der Waals surface area (Å²) in [6, 6.07) is 14.7. The molecule has 0 saturated heterocycles. The van der Waals surface area contributed by atoms with Crippen molar-refractivity contribution in [3.63, 3.8) is 0 Å². The molecule has 0 aromatic heterocycles. The van der Waals surface area contributed by atoms with Crippen molar-refractivity contribution in [2.24, 2.45) is 0 Å². The minimum absolute atomic E-state index is 0.0740. The Hall–Kier alpha value is -2.57. The zero-order chi connectivity index (χ0) is 24.8. The molecule has 0 radical (unpaired) electrons. The number of halogens is 1. The van der Waals surface area contributed by atoms with Gasteiger partial charge in [0.15, 0.2) is 12.7 Å². The summed E-state index contributed by atoms with van der Waals surface area (Å²) < 4.78 is 11.0. The number of hydrogen-bond acceptors (Lipinski definition) is 4. The van der Waals surface area contributed by atoms with E-state index in [2.05, 4.69) is 6.92 Å². The Bertz CT molecular complexity index is 887. The van der Waals surface area contributed by atoms with Gasteiger partial charge in [0.25, 0.3) is 5.91 Å². The zero-order valence-electron chi connectivity index (χ0n) is 20.2. The summed E-state index contributed by atoms with van der Waals surface area (Å²) in [5.74, 6) is -0.524. The molecule has 0 saturated carbocycles. The van der Waals surface area contributed by atoms with Gasteiger partial charge in [0.05, 0.1) is 0 Å². The molecule has 0 aliphatic heterocycles. The molecule has 186 valence electrons. The van der Waals surface area contributed by atoms with Gasteiger partial charge in [-0.3, -0.25) is 4.79 Å². The Balaban J connectivity index is 1.95. The van der Waals surface area contributed by atoms with Crippen LogP contribution in [0.3, 0.4) is 0 Å². The summed E-state index contributed by atoms with van der Waals surface area (Å²) in [6.45, 7) is 5.32. The van der Waals surface area contributed by atoms with Crippen molar-refractivity contribution < 1.29 is 24.2 Å². The highest BCUT2D eigenvalue weighted by molar-refractivity contribution is 6.31. The first-order chi connectivity index (χ1) is 16.4. The number of nitrogens with zero attached hydrogens (tertiary/aromatic N) is 1. The molecule has 1 amide bonds. The number of hydrogen-bond donors (Lipinski definition) is 1. The summed E-state index contributed by atoms with van der Waals surface area (Å²) in [4.78, 5) is 26.1. The van der Waals surface area contributed by atoms with E-state index in [1.54, 1.807) is 36.1 Å². The maximum atomic E-state index is 13.0. The fraction of sp³-hybridized carbons (Fsp3) is 0.481. The number of carboxylic acid groups (broad SMARTS) is 1. The van der Waals surface area contributed by atoms with Crippen LogP contribution < -0.4 is 4.74 Å². The second kappa shape index (κ2) is 15.4. The molecule has 1 atom stereocenters. The van der Waals surface area contributed by atoms with Crippen molar-refractivity contribution in [3.05, 3.63) is 64.7 Å². The predicted molar refractivity (Wildman–Crippen MR) is 134 cm³/mol. The van der Waals surface area contributed by atoms with Gasteiger partial charge < -0.3 is 19.5 Å². The third-order valence-corrected chi connectivity index (χ3v) is 5.92. The molecule has 6 nitrogen and oxygen atoms in total. The molecule has 2 aromatic carbocycles. The maximum absolute atomic E-state index is 13.0. The lowest BCUT2D eigenvalue weighted by molar-refractivity contribution is -0.150. The lowest BCUT2D eigenvalue weighted by atomic mass is 10.1. The van der Waals surface area contributed by atoms with Crippen LogP contribution in [0.5, 0.6) is 5.75 Å². The van der Waals surface area contributed by atoms with Crippen molar-refractivity contribution in [1.29, 1.82) is 0 Å². The van der Waals surface area contributed by atoms with Gasteiger partial charge in [0.1, 0.15) is 5.75 Å². The highest BCUT2D eigenvalue weighted by atomic mass is 35.5. The van der Waals surface area contributed by atoms with Gasteiger partial charge in [0, 0.05) is 31.1 Å². The standard InChI is InChI=1S/C27H36ClNO5/c1-3-5-6-7-10-17-29(19-22-11-8-9-12-24(22)28)26(30)20-34-23-15-13-21(14-16-23)18-25(27(31)32)33-4-2/h8-9,11-16,25H,3-7,10,17-20H2,1-2H3,(H,31,32)/t25-/m0/s1. The molecule has 0 heterocycles. The minimum Gasteiger partial charge on any atom is -0.484 e. The average Bonchev–Trinajstić information content (AvgIpc) is 2.83. The first-order valence-electron chi connectivity index (χ1n) is 12.0. The molecular weight excluding hydrogens is 454 g/mol.